The van der Waals surface area contributed by atoms with Gasteiger partial charge in [0, 0.05) is 25.1 Å². The summed E-state index contributed by atoms with van der Waals surface area (Å²) < 4.78 is 12.8. The second-order valence-electron chi connectivity index (χ2n) is 5.88. The number of carbonyl (C=O) groups is 1. The largest absolute Gasteiger partial charge is 0.494 e. The van der Waals surface area contributed by atoms with Gasteiger partial charge in [-0.1, -0.05) is 13.0 Å². The van der Waals surface area contributed by atoms with Crippen molar-refractivity contribution in [2.24, 2.45) is 0 Å². The first kappa shape index (κ1) is 18.4. The van der Waals surface area contributed by atoms with Crippen LogP contribution in [0, 0.1) is 0 Å². The van der Waals surface area contributed by atoms with E-state index in [2.05, 4.69) is 22.2 Å². The normalized spacial score (nSPS) is 10.4. The lowest BCUT2D eigenvalue weighted by Gasteiger charge is -2.09. The molecule has 0 saturated carbocycles. The van der Waals surface area contributed by atoms with Gasteiger partial charge in [-0.15, -0.1) is 0 Å². The van der Waals surface area contributed by atoms with Gasteiger partial charge in [-0.2, -0.15) is 0 Å². The lowest BCUT2D eigenvalue weighted by atomic mass is 10.3. The Kier molecular flexibility index (Phi) is 6.40. The van der Waals surface area contributed by atoms with Crippen LogP contribution < -0.4 is 14.8 Å². The van der Waals surface area contributed by atoms with E-state index < -0.39 is 0 Å². The molecule has 0 unspecified atom stereocenters. The number of benzene rings is 1. The number of hydrogen-bond acceptors (Lipinski definition) is 5. The highest BCUT2D eigenvalue weighted by Gasteiger charge is 2.04. The number of carbonyl (C=O) groups excluding carboxylic acids is 1. The Hall–Kier alpha value is -3.35. The van der Waals surface area contributed by atoms with E-state index >= 15 is 0 Å². The average molecular weight is 366 g/mol. The van der Waals surface area contributed by atoms with Crippen LogP contribution in [0.5, 0.6) is 11.5 Å². The zero-order valence-electron chi connectivity index (χ0n) is 15.2. The third-order valence-electron chi connectivity index (χ3n) is 3.73. The molecule has 1 aromatic carbocycles. The van der Waals surface area contributed by atoms with E-state index in [9.17, 15) is 4.79 Å². The molecule has 0 aliphatic heterocycles. The van der Waals surface area contributed by atoms with E-state index in [1.807, 2.05) is 35.0 Å². The van der Waals surface area contributed by atoms with Gasteiger partial charge in [0.25, 0.3) is 5.91 Å². The molecule has 0 spiro atoms. The number of ether oxygens (including phenoxy) is 2. The Bertz CT molecular complexity index is 831. The van der Waals surface area contributed by atoms with Gasteiger partial charge in [-0.3, -0.25) is 9.36 Å². The summed E-state index contributed by atoms with van der Waals surface area (Å²) in [6.07, 6.45) is 7.89. The standard InChI is InChI=1S/C20H22N4O3/c1-2-11-26-17-4-6-18(7-5-17)27-14-20(25)23-13-16-3-8-19(22-12-16)24-10-9-21-15-24/h3-10,12,15H,2,11,13-14H2,1H3,(H,23,25). The van der Waals surface area contributed by atoms with Gasteiger partial charge in [-0.05, 0) is 42.3 Å². The highest BCUT2D eigenvalue weighted by molar-refractivity contribution is 5.77. The minimum absolute atomic E-state index is 0.0459. The first-order chi connectivity index (χ1) is 13.2. The number of nitrogens with one attached hydrogen (secondary N) is 1. The van der Waals surface area contributed by atoms with E-state index in [0.717, 1.165) is 23.6 Å². The molecule has 3 aromatic rings. The molecule has 27 heavy (non-hydrogen) atoms. The van der Waals surface area contributed by atoms with Gasteiger partial charge in [-0.25, -0.2) is 9.97 Å². The second-order valence-corrected chi connectivity index (χ2v) is 5.88. The van der Waals surface area contributed by atoms with Crippen molar-refractivity contribution in [2.45, 2.75) is 19.9 Å². The number of aromatic nitrogens is 3. The smallest absolute Gasteiger partial charge is 0.258 e. The van der Waals surface area contributed by atoms with Crippen molar-refractivity contribution >= 4 is 5.91 Å². The fraction of sp³-hybridized carbons (Fsp3) is 0.250. The maximum Gasteiger partial charge on any atom is 0.258 e. The van der Waals surface area contributed by atoms with Crippen LogP contribution in [-0.2, 0) is 11.3 Å². The van der Waals surface area contributed by atoms with Crippen molar-refractivity contribution < 1.29 is 14.3 Å². The van der Waals surface area contributed by atoms with E-state index in [4.69, 9.17) is 9.47 Å². The first-order valence-electron chi connectivity index (χ1n) is 8.80. The van der Waals surface area contributed by atoms with Crippen LogP contribution in [0.25, 0.3) is 5.82 Å². The van der Waals surface area contributed by atoms with Gasteiger partial charge >= 0.3 is 0 Å². The van der Waals surface area contributed by atoms with Gasteiger partial charge in [0.1, 0.15) is 23.6 Å². The third kappa shape index (κ3) is 5.57. The molecule has 0 bridgehead atoms. The highest BCUT2D eigenvalue weighted by atomic mass is 16.5. The van der Waals surface area contributed by atoms with Crippen LogP contribution in [0.15, 0.2) is 61.3 Å². The first-order valence-corrected chi connectivity index (χ1v) is 8.80. The Morgan fingerprint density at radius 3 is 2.52 bits per heavy atom. The third-order valence-corrected chi connectivity index (χ3v) is 3.73. The Morgan fingerprint density at radius 1 is 1.11 bits per heavy atom. The molecule has 2 aromatic heterocycles. The summed E-state index contributed by atoms with van der Waals surface area (Å²) in [6, 6.07) is 11.0. The lowest BCUT2D eigenvalue weighted by Crippen LogP contribution is -2.28. The molecular formula is C20H22N4O3. The SMILES string of the molecule is CCCOc1ccc(OCC(=O)NCc2ccc(-n3ccnc3)nc2)cc1. The van der Waals surface area contributed by atoms with Crippen LogP contribution in [0.4, 0.5) is 0 Å². The zero-order valence-corrected chi connectivity index (χ0v) is 15.2. The molecule has 1 N–H and O–H groups in total. The van der Waals surface area contributed by atoms with E-state index in [1.165, 1.54) is 0 Å². The van der Waals surface area contributed by atoms with Gasteiger partial charge in [0.15, 0.2) is 6.61 Å². The van der Waals surface area contributed by atoms with Gasteiger partial charge in [0.05, 0.1) is 6.61 Å². The molecule has 1 amide bonds. The van der Waals surface area contributed by atoms with Crippen LogP contribution >= 0.6 is 0 Å². The van der Waals surface area contributed by atoms with E-state index in [-0.39, 0.29) is 12.5 Å². The molecule has 7 nitrogen and oxygen atoms in total. The Morgan fingerprint density at radius 2 is 1.89 bits per heavy atom. The van der Waals surface area contributed by atoms with Crippen molar-refractivity contribution in [1.82, 2.24) is 19.9 Å². The Balaban J connectivity index is 1.41. The van der Waals surface area contributed by atoms with Crippen LogP contribution in [0.1, 0.15) is 18.9 Å². The summed E-state index contributed by atoms with van der Waals surface area (Å²) in [7, 11) is 0. The molecule has 7 heteroatoms. The second kappa shape index (κ2) is 9.38. The molecule has 2 heterocycles. The van der Waals surface area contributed by atoms with Crippen molar-refractivity contribution in [3.8, 4) is 17.3 Å². The predicted octanol–water partition coefficient (Wildman–Crippen LogP) is 2.75. The van der Waals surface area contributed by atoms with Crippen molar-refractivity contribution in [2.75, 3.05) is 13.2 Å². The molecule has 0 fully saturated rings. The van der Waals surface area contributed by atoms with Crippen molar-refractivity contribution in [3.05, 3.63) is 66.9 Å². The monoisotopic (exact) mass is 366 g/mol. The zero-order chi connectivity index (χ0) is 18.9. The quantitative estimate of drug-likeness (QED) is 0.630. The molecule has 0 aliphatic rings. The summed E-state index contributed by atoms with van der Waals surface area (Å²) in [4.78, 5) is 20.3. The summed E-state index contributed by atoms with van der Waals surface area (Å²) in [5.74, 6) is 2.00. The fourth-order valence-corrected chi connectivity index (χ4v) is 2.32. The number of nitrogens with zero attached hydrogens (tertiary/aromatic N) is 3. The maximum absolute atomic E-state index is 12.0. The van der Waals surface area contributed by atoms with Crippen LogP contribution in [0.3, 0.4) is 0 Å². The number of imidazole rings is 1. The van der Waals surface area contributed by atoms with E-state index in [0.29, 0.717) is 18.9 Å². The summed E-state index contributed by atoms with van der Waals surface area (Å²) in [6.45, 7) is 3.08. The van der Waals surface area contributed by atoms with Crippen molar-refractivity contribution in [3.63, 3.8) is 0 Å². The number of hydrogen-bond donors (Lipinski definition) is 1. The topological polar surface area (TPSA) is 78.3 Å². The predicted molar refractivity (Wildman–Crippen MR) is 101 cm³/mol. The van der Waals surface area contributed by atoms with E-state index in [1.54, 1.807) is 30.9 Å². The molecule has 0 aliphatic carbocycles. The van der Waals surface area contributed by atoms with Gasteiger partial charge < -0.3 is 14.8 Å². The fourth-order valence-electron chi connectivity index (χ4n) is 2.32. The minimum Gasteiger partial charge on any atom is -0.494 e. The molecular weight excluding hydrogens is 344 g/mol. The Labute approximate surface area is 158 Å². The summed E-state index contributed by atoms with van der Waals surface area (Å²) >= 11 is 0. The van der Waals surface area contributed by atoms with Crippen LogP contribution in [-0.4, -0.2) is 33.7 Å². The average Bonchev–Trinajstić information content (AvgIpc) is 3.25. The van der Waals surface area contributed by atoms with Crippen molar-refractivity contribution in [1.29, 1.82) is 0 Å². The summed E-state index contributed by atoms with van der Waals surface area (Å²) in [5, 5.41) is 2.81. The molecule has 0 radical (unpaired) electrons. The highest BCUT2D eigenvalue weighted by Crippen LogP contribution is 2.17. The van der Waals surface area contributed by atoms with Gasteiger partial charge in [0.2, 0.25) is 0 Å². The number of pyridine rings is 1. The molecule has 0 saturated heterocycles. The molecule has 0 atom stereocenters. The number of amides is 1. The molecule has 140 valence electrons. The molecule has 3 rings (SSSR count). The lowest BCUT2D eigenvalue weighted by molar-refractivity contribution is -0.123. The summed E-state index contributed by atoms with van der Waals surface area (Å²) in [5.41, 5.74) is 0.907. The maximum atomic E-state index is 12.0. The minimum atomic E-state index is -0.194. The number of rotatable bonds is 9. The van der Waals surface area contributed by atoms with Crippen LogP contribution in [0.2, 0.25) is 0 Å².